The van der Waals surface area contributed by atoms with E-state index in [1.807, 2.05) is 0 Å². The molecule has 2 aliphatic carbocycles. The Hall–Kier alpha value is -4.11. The second kappa shape index (κ2) is 13.6. The number of benzene rings is 6. The van der Waals surface area contributed by atoms with Crippen molar-refractivity contribution in [3.05, 3.63) is 191 Å². The average Bonchev–Trinajstić information content (AvgIpc) is 3.82. The summed E-state index contributed by atoms with van der Waals surface area (Å²) in [6, 6.07) is 56.2. The molecule has 0 heterocycles. The van der Waals surface area contributed by atoms with Gasteiger partial charge in [-0.2, -0.15) is 0 Å². The molecular formula is C52H54HfSi. The van der Waals surface area contributed by atoms with E-state index in [2.05, 4.69) is 221 Å². The van der Waals surface area contributed by atoms with E-state index in [4.69, 9.17) is 0 Å². The topological polar surface area (TPSA) is 0 Å². The van der Waals surface area contributed by atoms with Crippen LogP contribution in [0.15, 0.2) is 158 Å². The molecule has 0 aliphatic heterocycles. The monoisotopic (exact) mass is 886 g/mol. The molecule has 54 heavy (non-hydrogen) atoms. The van der Waals surface area contributed by atoms with Crippen LogP contribution in [-0.4, -0.2) is 5.49 Å². The molecule has 0 saturated heterocycles. The maximum atomic E-state index is 2.86. The van der Waals surface area contributed by atoms with Crippen molar-refractivity contribution in [1.82, 2.24) is 0 Å². The van der Waals surface area contributed by atoms with Crippen molar-refractivity contribution in [3.8, 4) is 22.3 Å². The second-order valence-corrected chi connectivity index (χ2v) is 62.1. The summed E-state index contributed by atoms with van der Waals surface area (Å²) < 4.78 is 6.48. The van der Waals surface area contributed by atoms with Gasteiger partial charge < -0.3 is 0 Å². The summed E-state index contributed by atoms with van der Waals surface area (Å²) in [6.45, 7) is 13.9. The molecular weight excluding hydrogens is 831 g/mol. The molecule has 6 aromatic carbocycles. The maximum absolute atomic E-state index is 4.46. The van der Waals surface area contributed by atoms with Gasteiger partial charge in [0.05, 0.1) is 0 Å². The molecule has 6 aromatic rings. The van der Waals surface area contributed by atoms with Gasteiger partial charge in [-0.05, 0) is 0 Å². The van der Waals surface area contributed by atoms with E-state index in [-0.39, 0.29) is 10.8 Å². The van der Waals surface area contributed by atoms with Gasteiger partial charge in [0, 0.05) is 0 Å². The molecule has 2 unspecified atom stereocenters. The molecule has 0 saturated carbocycles. The van der Waals surface area contributed by atoms with Crippen LogP contribution in [0.25, 0.3) is 34.4 Å². The zero-order chi connectivity index (χ0) is 37.9. The summed E-state index contributed by atoms with van der Waals surface area (Å²) in [5.74, 6) is 0. The Morgan fingerprint density at radius 3 is 1.22 bits per heavy atom. The van der Waals surface area contributed by atoms with Gasteiger partial charge in [-0.25, -0.2) is 0 Å². The van der Waals surface area contributed by atoms with Gasteiger partial charge >= 0.3 is 328 Å². The normalized spacial score (nSPS) is 16.7. The van der Waals surface area contributed by atoms with E-state index >= 15 is 0 Å². The molecule has 270 valence electrons. The Morgan fingerprint density at radius 1 is 0.444 bits per heavy atom. The molecule has 0 radical (unpaired) electrons. The minimum atomic E-state index is -4.46. The SMILES string of the molecule is CC(C)(C)c1cccc(-c2cccc3c2C=C[CH]3[Hf]([CH3])([CH3])([CH]2C=Cc3c(-c4cccc(C(C)(C)C)c4)cccc32)=[Si](c2ccccc2)c2ccccc2)c1. The first-order valence-electron chi connectivity index (χ1n) is 19.8. The van der Waals surface area contributed by atoms with Crippen LogP contribution in [-0.2, 0) is 28.0 Å². The number of hydrogen-bond donors (Lipinski definition) is 0. The van der Waals surface area contributed by atoms with Gasteiger partial charge in [0.15, 0.2) is 0 Å². The Morgan fingerprint density at radius 2 is 0.833 bits per heavy atom. The van der Waals surface area contributed by atoms with Gasteiger partial charge in [-0.15, -0.1) is 0 Å². The molecule has 8 rings (SSSR count). The first-order valence-corrected chi connectivity index (χ1v) is 38.0. The van der Waals surface area contributed by atoms with Gasteiger partial charge in [0.25, 0.3) is 0 Å². The van der Waals surface area contributed by atoms with E-state index in [0.717, 1.165) is 0 Å². The van der Waals surface area contributed by atoms with Crippen LogP contribution in [0, 0.1) is 0 Å². The number of rotatable bonds is 6. The van der Waals surface area contributed by atoms with Crippen molar-refractivity contribution in [1.29, 1.82) is 0 Å². The first-order chi connectivity index (χ1) is 25.7. The van der Waals surface area contributed by atoms with Crippen LogP contribution in [0.3, 0.4) is 0 Å². The van der Waals surface area contributed by atoms with E-state index in [1.54, 1.807) is 10.4 Å². The van der Waals surface area contributed by atoms with Gasteiger partial charge in [-0.3, -0.25) is 0 Å². The number of fused-ring (bicyclic) bond motifs is 2. The van der Waals surface area contributed by atoms with Crippen molar-refractivity contribution in [2.24, 2.45) is 0 Å². The quantitative estimate of drug-likeness (QED) is 0.146. The zero-order valence-corrected chi connectivity index (χ0v) is 37.9. The van der Waals surface area contributed by atoms with Crippen molar-refractivity contribution >= 4 is 28.0 Å². The van der Waals surface area contributed by atoms with Crippen LogP contribution >= 0.6 is 0 Å². The molecule has 0 nitrogen and oxygen atoms in total. The van der Waals surface area contributed by atoms with Crippen molar-refractivity contribution in [3.63, 3.8) is 0 Å². The molecule has 2 heteroatoms. The summed E-state index contributed by atoms with van der Waals surface area (Å²) in [5.41, 5.74) is 12.9. The van der Waals surface area contributed by atoms with Crippen molar-refractivity contribution < 1.29 is 17.1 Å². The van der Waals surface area contributed by atoms with Gasteiger partial charge in [-0.1, -0.05) is 0 Å². The molecule has 2 aliphatic rings. The summed E-state index contributed by atoms with van der Waals surface area (Å²) in [6.07, 6.45) is 10.3. The van der Waals surface area contributed by atoms with E-state index in [1.165, 1.54) is 55.6 Å². The fraction of sp³-hybridized carbons (Fsp3) is 0.231. The van der Waals surface area contributed by atoms with E-state index in [0.29, 0.717) is 7.35 Å². The summed E-state index contributed by atoms with van der Waals surface area (Å²) in [5, 5.41) is 3.08. The standard InChI is InChI=1S/2C19H19.C12H10Si.2CH3.Hf/c2*1-19(2,3)16-10-4-9-15(13-16)18-12-6-8-14-7-5-11-17(14)18;1-3-7-11(8-4-1)13-12-9-5-2-6-10-12;;;/h2*4-13H,1-3H3;1-10H;2*1H3;. The van der Waals surface area contributed by atoms with E-state index < -0.39 is 22.6 Å². The molecule has 0 aromatic heterocycles. The van der Waals surface area contributed by atoms with Crippen LogP contribution in [0.5, 0.6) is 0 Å². The third-order valence-electron chi connectivity index (χ3n) is 12.8. The summed E-state index contributed by atoms with van der Waals surface area (Å²) >= 11 is -4.46. The minimum absolute atomic E-state index is 0.0904. The molecule has 0 amide bonds. The zero-order valence-electron chi connectivity index (χ0n) is 33.3. The van der Waals surface area contributed by atoms with Crippen molar-refractivity contribution in [2.75, 3.05) is 0 Å². The Balaban J connectivity index is 1.41. The number of allylic oxidation sites excluding steroid dienone is 2. The molecule has 0 fully saturated rings. The predicted molar refractivity (Wildman–Crippen MR) is 234 cm³/mol. The Labute approximate surface area is 325 Å². The average molecular weight is 886 g/mol. The van der Waals surface area contributed by atoms with Gasteiger partial charge in [0.1, 0.15) is 0 Å². The van der Waals surface area contributed by atoms with E-state index in [9.17, 15) is 0 Å². The third-order valence-corrected chi connectivity index (χ3v) is 61.9. The fourth-order valence-corrected chi connectivity index (χ4v) is 62.7. The molecule has 2 atom stereocenters. The Bertz CT molecular complexity index is 2340. The second-order valence-electron chi connectivity index (χ2n) is 18.7. The molecule has 0 bridgehead atoms. The Kier molecular flexibility index (Phi) is 9.26. The fourth-order valence-electron chi connectivity index (χ4n) is 9.82. The van der Waals surface area contributed by atoms with Crippen LogP contribution in [0.2, 0.25) is 9.36 Å². The summed E-state index contributed by atoms with van der Waals surface area (Å²) in [4.78, 5) is 0. The van der Waals surface area contributed by atoms with Gasteiger partial charge in [0.2, 0.25) is 0 Å². The van der Waals surface area contributed by atoms with Crippen molar-refractivity contribution in [2.45, 2.75) is 69.1 Å². The van der Waals surface area contributed by atoms with Crippen LogP contribution in [0.4, 0.5) is 0 Å². The summed E-state index contributed by atoms with van der Waals surface area (Å²) in [7, 11) is 0. The van der Waals surface area contributed by atoms with Crippen LogP contribution in [0.1, 0.15) is 82.3 Å². The number of hydrogen-bond acceptors (Lipinski definition) is 0. The molecule has 0 N–H and O–H groups in total. The van der Waals surface area contributed by atoms with Crippen LogP contribution < -0.4 is 10.4 Å². The molecule has 0 spiro atoms. The third kappa shape index (κ3) is 6.24. The first kappa shape index (κ1) is 36.8. The predicted octanol–water partition coefficient (Wildman–Crippen LogP) is 13.0.